The summed E-state index contributed by atoms with van der Waals surface area (Å²) in [5, 5.41) is 9.20. The fourth-order valence-electron chi connectivity index (χ4n) is 1.51. The highest BCUT2D eigenvalue weighted by Gasteiger charge is 1.96. The smallest absolute Gasteiger partial charge is 0.0665 e. The quantitative estimate of drug-likeness (QED) is 0.433. The van der Waals surface area contributed by atoms with E-state index in [1.807, 2.05) is 0 Å². The van der Waals surface area contributed by atoms with Gasteiger partial charge in [-0.15, -0.1) is 0 Å². The summed E-state index contributed by atoms with van der Waals surface area (Å²) >= 11 is 0. The van der Waals surface area contributed by atoms with E-state index in [2.05, 4.69) is 19.1 Å². The van der Waals surface area contributed by atoms with Crippen molar-refractivity contribution in [3.05, 3.63) is 12.2 Å². The van der Waals surface area contributed by atoms with Gasteiger partial charge in [0.2, 0.25) is 0 Å². The van der Waals surface area contributed by atoms with Gasteiger partial charge in [-0.25, -0.2) is 0 Å². The molecule has 0 heterocycles. The van der Waals surface area contributed by atoms with Crippen LogP contribution in [-0.2, 0) is 0 Å². The molecule has 2 nitrogen and oxygen atoms in total. The van der Waals surface area contributed by atoms with Crippen molar-refractivity contribution in [2.75, 3.05) is 6.54 Å². The predicted molar refractivity (Wildman–Crippen MR) is 66.8 cm³/mol. The summed E-state index contributed by atoms with van der Waals surface area (Å²) in [5.41, 5.74) is 5.31. The zero-order valence-electron chi connectivity index (χ0n) is 10.1. The molecule has 0 saturated carbocycles. The highest BCUT2D eigenvalue weighted by Crippen LogP contribution is 2.06. The van der Waals surface area contributed by atoms with E-state index in [0.29, 0.717) is 6.54 Å². The summed E-state index contributed by atoms with van der Waals surface area (Å²) in [6.45, 7) is 2.62. The van der Waals surface area contributed by atoms with Crippen molar-refractivity contribution in [2.45, 2.75) is 64.4 Å². The van der Waals surface area contributed by atoms with Gasteiger partial charge in [0.1, 0.15) is 0 Å². The molecule has 0 amide bonds. The second-order valence-electron chi connectivity index (χ2n) is 4.14. The molecule has 0 saturated heterocycles. The highest BCUT2D eigenvalue weighted by atomic mass is 16.3. The summed E-state index contributed by atoms with van der Waals surface area (Å²) in [4.78, 5) is 0. The molecule has 0 bridgehead atoms. The van der Waals surface area contributed by atoms with Crippen LogP contribution in [-0.4, -0.2) is 17.8 Å². The molecule has 0 aliphatic carbocycles. The number of allylic oxidation sites excluding steroid dienone is 2. The van der Waals surface area contributed by atoms with Crippen LogP contribution >= 0.6 is 0 Å². The molecule has 0 aromatic rings. The molecule has 2 heteroatoms. The maximum absolute atomic E-state index is 9.20. The molecule has 3 N–H and O–H groups in total. The lowest BCUT2D eigenvalue weighted by Crippen LogP contribution is -2.18. The Hall–Kier alpha value is -0.340. The Kier molecular flexibility index (Phi) is 11.5. The molecule has 0 spiro atoms. The summed E-state index contributed by atoms with van der Waals surface area (Å²) in [7, 11) is 0. The minimum atomic E-state index is -0.320. The summed E-state index contributed by atoms with van der Waals surface area (Å²) in [6.07, 6.45) is 13.7. The molecule has 0 radical (unpaired) electrons. The molecule has 0 fully saturated rings. The van der Waals surface area contributed by atoms with Gasteiger partial charge in [0.15, 0.2) is 0 Å². The Morgan fingerprint density at radius 2 is 1.73 bits per heavy atom. The van der Waals surface area contributed by atoms with E-state index < -0.39 is 0 Å². The summed E-state index contributed by atoms with van der Waals surface area (Å²) in [5.74, 6) is 0. The van der Waals surface area contributed by atoms with Gasteiger partial charge in [0.25, 0.3) is 0 Å². The van der Waals surface area contributed by atoms with Gasteiger partial charge in [-0.05, 0) is 25.7 Å². The first-order valence-corrected chi connectivity index (χ1v) is 6.34. The average molecular weight is 213 g/mol. The van der Waals surface area contributed by atoms with Crippen LogP contribution in [0.5, 0.6) is 0 Å². The minimum absolute atomic E-state index is 0.320. The number of unbranched alkanes of at least 4 members (excludes halogenated alkanes) is 5. The fraction of sp³-hybridized carbons (Fsp3) is 0.846. The first-order chi connectivity index (χ1) is 7.31. The number of aliphatic hydroxyl groups excluding tert-OH is 1. The van der Waals surface area contributed by atoms with Gasteiger partial charge in [-0.2, -0.15) is 0 Å². The molecule has 1 atom stereocenters. The number of rotatable bonds is 10. The third-order valence-electron chi connectivity index (χ3n) is 2.58. The fourth-order valence-corrected chi connectivity index (χ4v) is 1.51. The van der Waals surface area contributed by atoms with Gasteiger partial charge in [0.05, 0.1) is 6.10 Å². The van der Waals surface area contributed by atoms with Crippen LogP contribution in [0.4, 0.5) is 0 Å². The van der Waals surface area contributed by atoms with E-state index in [1.54, 1.807) is 0 Å². The SMILES string of the molecule is CCCCCCC/C=C/CCC(O)CN. The average Bonchev–Trinajstić information content (AvgIpc) is 2.26. The van der Waals surface area contributed by atoms with Gasteiger partial charge in [-0.1, -0.05) is 44.8 Å². The lowest BCUT2D eigenvalue weighted by atomic mass is 10.1. The summed E-state index contributed by atoms with van der Waals surface area (Å²) < 4.78 is 0. The Labute approximate surface area is 94.6 Å². The largest absolute Gasteiger partial charge is 0.392 e. The van der Waals surface area contributed by atoms with Crippen LogP contribution in [0.1, 0.15) is 58.3 Å². The third-order valence-corrected chi connectivity index (χ3v) is 2.58. The maximum atomic E-state index is 9.20. The first-order valence-electron chi connectivity index (χ1n) is 6.34. The van der Waals surface area contributed by atoms with Gasteiger partial charge < -0.3 is 10.8 Å². The van der Waals surface area contributed by atoms with Crippen LogP contribution in [0.3, 0.4) is 0 Å². The Morgan fingerprint density at radius 1 is 1.07 bits per heavy atom. The molecule has 0 aliphatic rings. The van der Waals surface area contributed by atoms with Crippen molar-refractivity contribution in [3.63, 3.8) is 0 Å². The summed E-state index contributed by atoms with van der Waals surface area (Å²) in [6, 6.07) is 0. The van der Waals surface area contributed by atoms with E-state index in [4.69, 9.17) is 5.73 Å². The highest BCUT2D eigenvalue weighted by molar-refractivity contribution is 4.82. The van der Waals surface area contributed by atoms with Crippen molar-refractivity contribution < 1.29 is 5.11 Å². The van der Waals surface area contributed by atoms with Crippen LogP contribution in [0.25, 0.3) is 0 Å². The van der Waals surface area contributed by atoms with Gasteiger partial charge in [-0.3, -0.25) is 0 Å². The number of hydrogen-bond donors (Lipinski definition) is 2. The van der Waals surface area contributed by atoms with E-state index >= 15 is 0 Å². The number of nitrogens with two attached hydrogens (primary N) is 1. The van der Waals surface area contributed by atoms with Gasteiger partial charge in [0, 0.05) is 6.54 Å². The van der Waals surface area contributed by atoms with E-state index in [1.165, 1.54) is 38.5 Å². The van der Waals surface area contributed by atoms with Crippen LogP contribution in [0, 0.1) is 0 Å². The lowest BCUT2D eigenvalue weighted by molar-refractivity contribution is 0.174. The molecular weight excluding hydrogens is 186 g/mol. The predicted octanol–water partition coefficient (Wildman–Crippen LogP) is 3.00. The first kappa shape index (κ1) is 14.7. The number of hydrogen-bond acceptors (Lipinski definition) is 2. The molecule has 0 aromatic carbocycles. The molecule has 0 rings (SSSR count). The minimum Gasteiger partial charge on any atom is -0.392 e. The molecule has 15 heavy (non-hydrogen) atoms. The van der Waals surface area contributed by atoms with E-state index in [9.17, 15) is 5.11 Å². The Bertz CT molecular complexity index is 145. The standard InChI is InChI=1S/C13H27NO/c1-2-3-4-5-6-7-8-9-10-11-13(15)12-14/h8-9,13,15H,2-7,10-12,14H2,1H3/b9-8+. The molecule has 90 valence electrons. The van der Waals surface area contributed by atoms with Gasteiger partial charge >= 0.3 is 0 Å². The van der Waals surface area contributed by atoms with Crippen molar-refractivity contribution in [2.24, 2.45) is 5.73 Å². The van der Waals surface area contributed by atoms with Crippen molar-refractivity contribution in [3.8, 4) is 0 Å². The van der Waals surface area contributed by atoms with Crippen LogP contribution < -0.4 is 5.73 Å². The molecule has 0 aliphatic heterocycles. The topological polar surface area (TPSA) is 46.2 Å². The second-order valence-corrected chi connectivity index (χ2v) is 4.14. The van der Waals surface area contributed by atoms with E-state index in [-0.39, 0.29) is 6.10 Å². The normalized spacial score (nSPS) is 13.5. The van der Waals surface area contributed by atoms with Crippen molar-refractivity contribution in [1.82, 2.24) is 0 Å². The van der Waals surface area contributed by atoms with Crippen LogP contribution in [0.15, 0.2) is 12.2 Å². The molecular formula is C13H27NO. The van der Waals surface area contributed by atoms with Crippen molar-refractivity contribution in [1.29, 1.82) is 0 Å². The monoisotopic (exact) mass is 213 g/mol. The Balaban J connectivity index is 3.10. The third kappa shape index (κ3) is 11.6. The van der Waals surface area contributed by atoms with Crippen molar-refractivity contribution >= 4 is 0 Å². The van der Waals surface area contributed by atoms with Crippen LogP contribution in [0.2, 0.25) is 0 Å². The zero-order valence-corrected chi connectivity index (χ0v) is 10.1. The molecule has 0 aromatic heterocycles. The Morgan fingerprint density at radius 3 is 2.40 bits per heavy atom. The number of aliphatic hydroxyl groups is 1. The van der Waals surface area contributed by atoms with E-state index in [0.717, 1.165) is 12.8 Å². The molecule has 1 unspecified atom stereocenters. The second kappa shape index (κ2) is 11.7. The zero-order chi connectivity index (χ0) is 11.4. The maximum Gasteiger partial charge on any atom is 0.0665 e. The lowest BCUT2D eigenvalue weighted by Gasteiger charge is -2.03.